The maximum Gasteiger partial charge on any atom is 0.148 e. The zero-order valence-corrected chi connectivity index (χ0v) is 11.3. The van der Waals surface area contributed by atoms with Crippen LogP contribution in [0.1, 0.15) is 44.6 Å². The van der Waals surface area contributed by atoms with E-state index >= 15 is 0 Å². The minimum absolute atomic E-state index is 0.601. The van der Waals surface area contributed by atoms with Crippen molar-refractivity contribution in [1.29, 1.82) is 0 Å². The summed E-state index contributed by atoms with van der Waals surface area (Å²) < 4.78 is 0. The number of hydrazine groups is 1. The molecule has 0 radical (unpaired) electrons. The van der Waals surface area contributed by atoms with E-state index in [4.69, 9.17) is 5.84 Å². The monoisotopic (exact) mass is 249 g/mol. The van der Waals surface area contributed by atoms with Gasteiger partial charge in [-0.25, -0.2) is 15.8 Å². The molecule has 5 heteroatoms. The summed E-state index contributed by atoms with van der Waals surface area (Å²) >= 11 is 0. The predicted molar refractivity (Wildman–Crippen MR) is 74.5 cm³/mol. The van der Waals surface area contributed by atoms with E-state index in [1.165, 1.54) is 32.1 Å². The molecule has 5 nitrogen and oxygen atoms in total. The second-order valence-corrected chi connectivity index (χ2v) is 4.93. The first-order valence-electron chi connectivity index (χ1n) is 6.81. The van der Waals surface area contributed by atoms with Gasteiger partial charge in [0.05, 0.1) is 0 Å². The zero-order chi connectivity index (χ0) is 13.0. The molecule has 0 unspecified atom stereocenters. The van der Waals surface area contributed by atoms with Crippen molar-refractivity contribution in [3.63, 3.8) is 0 Å². The Morgan fingerprint density at radius 2 is 2.06 bits per heavy atom. The first kappa shape index (κ1) is 13.1. The molecule has 0 aromatic carbocycles. The molecule has 3 N–H and O–H groups in total. The van der Waals surface area contributed by atoms with Gasteiger partial charge >= 0.3 is 0 Å². The third kappa shape index (κ3) is 2.56. The van der Waals surface area contributed by atoms with Crippen molar-refractivity contribution < 1.29 is 0 Å². The van der Waals surface area contributed by atoms with Crippen LogP contribution in [0.25, 0.3) is 0 Å². The van der Waals surface area contributed by atoms with Crippen LogP contribution in [0, 0.1) is 0 Å². The summed E-state index contributed by atoms with van der Waals surface area (Å²) in [5.74, 6) is 7.28. The van der Waals surface area contributed by atoms with Crippen molar-refractivity contribution in [3.8, 4) is 0 Å². The Hall–Kier alpha value is -1.36. The van der Waals surface area contributed by atoms with Crippen molar-refractivity contribution in [2.24, 2.45) is 5.84 Å². The van der Waals surface area contributed by atoms with Gasteiger partial charge in [0.25, 0.3) is 0 Å². The third-order valence-corrected chi connectivity index (χ3v) is 3.87. The van der Waals surface area contributed by atoms with Gasteiger partial charge in [0.1, 0.15) is 18.0 Å². The third-order valence-electron chi connectivity index (χ3n) is 3.87. The van der Waals surface area contributed by atoms with E-state index in [0.29, 0.717) is 6.04 Å². The molecule has 1 saturated carbocycles. The Labute approximate surface area is 109 Å². The molecule has 0 aliphatic heterocycles. The molecule has 0 amide bonds. The number of hydrogen-bond acceptors (Lipinski definition) is 5. The van der Waals surface area contributed by atoms with Gasteiger partial charge in [-0.05, 0) is 19.3 Å². The van der Waals surface area contributed by atoms with E-state index in [1.54, 1.807) is 6.33 Å². The number of rotatable bonds is 4. The number of nitrogens with zero attached hydrogens (tertiary/aromatic N) is 3. The van der Waals surface area contributed by atoms with E-state index in [9.17, 15) is 0 Å². The molecule has 1 aromatic heterocycles. The highest BCUT2D eigenvalue weighted by Gasteiger charge is 2.22. The van der Waals surface area contributed by atoms with Crippen molar-refractivity contribution in [3.05, 3.63) is 11.9 Å². The van der Waals surface area contributed by atoms with Crippen molar-refractivity contribution in [2.45, 2.75) is 51.5 Å². The van der Waals surface area contributed by atoms with Gasteiger partial charge in [0.2, 0.25) is 0 Å². The average molecular weight is 249 g/mol. The highest BCUT2D eigenvalue weighted by molar-refractivity contribution is 5.58. The van der Waals surface area contributed by atoms with Crippen LogP contribution < -0.4 is 16.2 Å². The Balaban J connectivity index is 2.25. The number of hydrogen-bond donors (Lipinski definition) is 2. The summed E-state index contributed by atoms with van der Waals surface area (Å²) in [6.45, 7) is 2.11. The highest BCUT2D eigenvalue weighted by Crippen LogP contribution is 2.29. The molecule has 1 aromatic rings. The predicted octanol–water partition coefficient (Wildman–Crippen LogP) is 2.09. The van der Waals surface area contributed by atoms with E-state index < -0.39 is 0 Å². The normalized spacial score (nSPS) is 16.6. The standard InChI is InChI=1S/C13H23N5/c1-3-11-12(17-14)15-9-16-13(11)18(2)10-7-5-4-6-8-10/h9-10H,3-8,14H2,1-2H3,(H,15,16,17). The molecule has 2 rings (SSSR count). The summed E-state index contributed by atoms with van der Waals surface area (Å²) in [4.78, 5) is 10.9. The largest absolute Gasteiger partial charge is 0.356 e. The van der Waals surface area contributed by atoms with Crippen molar-refractivity contribution in [1.82, 2.24) is 9.97 Å². The van der Waals surface area contributed by atoms with Crippen LogP contribution in [-0.4, -0.2) is 23.1 Å². The lowest BCUT2D eigenvalue weighted by Crippen LogP contribution is -2.35. The first-order chi connectivity index (χ1) is 8.77. The van der Waals surface area contributed by atoms with Crippen LogP contribution in [0.5, 0.6) is 0 Å². The number of nitrogen functional groups attached to an aromatic ring is 1. The molecular weight excluding hydrogens is 226 g/mol. The van der Waals surface area contributed by atoms with Crippen LogP contribution in [-0.2, 0) is 6.42 Å². The van der Waals surface area contributed by atoms with E-state index in [2.05, 4.69) is 34.3 Å². The van der Waals surface area contributed by atoms with Gasteiger partial charge in [-0.15, -0.1) is 0 Å². The van der Waals surface area contributed by atoms with Gasteiger partial charge in [-0.3, -0.25) is 0 Å². The van der Waals surface area contributed by atoms with Gasteiger partial charge in [0, 0.05) is 18.7 Å². The summed E-state index contributed by atoms with van der Waals surface area (Å²) in [6.07, 6.45) is 9.00. The summed E-state index contributed by atoms with van der Waals surface area (Å²) in [6, 6.07) is 0.601. The lowest BCUT2D eigenvalue weighted by Gasteiger charge is -2.33. The summed E-state index contributed by atoms with van der Waals surface area (Å²) in [7, 11) is 2.14. The summed E-state index contributed by atoms with van der Waals surface area (Å²) in [5, 5.41) is 0. The lowest BCUT2D eigenvalue weighted by molar-refractivity contribution is 0.425. The molecule has 0 spiro atoms. The highest BCUT2D eigenvalue weighted by atomic mass is 15.3. The maximum atomic E-state index is 5.51. The fourth-order valence-electron chi connectivity index (χ4n) is 2.80. The average Bonchev–Trinajstić information content (AvgIpc) is 2.46. The Bertz CT molecular complexity index is 387. The Morgan fingerprint density at radius 1 is 1.33 bits per heavy atom. The quantitative estimate of drug-likeness (QED) is 0.632. The van der Waals surface area contributed by atoms with Crippen LogP contribution in [0.2, 0.25) is 0 Å². The van der Waals surface area contributed by atoms with E-state index in [1.807, 2.05) is 0 Å². The van der Waals surface area contributed by atoms with E-state index in [0.717, 1.165) is 23.6 Å². The Morgan fingerprint density at radius 3 is 2.67 bits per heavy atom. The lowest BCUT2D eigenvalue weighted by atomic mass is 9.94. The smallest absolute Gasteiger partial charge is 0.148 e. The molecule has 1 fully saturated rings. The number of anilines is 2. The molecular formula is C13H23N5. The van der Waals surface area contributed by atoms with E-state index in [-0.39, 0.29) is 0 Å². The van der Waals surface area contributed by atoms with Crippen LogP contribution in [0.3, 0.4) is 0 Å². The molecule has 0 atom stereocenters. The molecule has 0 bridgehead atoms. The second kappa shape index (κ2) is 6.00. The fraction of sp³-hybridized carbons (Fsp3) is 0.692. The summed E-state index contributed by atoms with van der Waals surface area (Å²) in [5.41, 5.74) is 3.77. The molecule has 1 aliphatic rings. The fourth-order valence-corrected chi connectivity index (χ4v) is 2.80. The second-order valence-electron chi connectivity index (χ2n) is 4.93. The molecule has 100 valence electrons. The van der Waals surface area contributed by atoms with Crippen LogP contribution in [0.15, 0.2) is 6.33 Å². The van der Waals surface area contributed by atoms with Gasteiger partial charge < -0.3 is 10.3 Å². The number of nitrogens with one attached hydrogen (secondary N) is 1. The van der Waals surface area contributed by atoms with Gasteiger partial charge in [0.15, 0.2) is 0 Å². The maximum absolute atomic E-state index is 5.51. The SMILES string of the molecule is CCc1c(NN)ncnc1N(C)C1CCCCC1. The molecule has 0 saturated heterocycles. The topological polar surface area (TPSA) is 67.1 Å². The number of nitrogens with two attached hydrogens (primary N) is 1. The van der Waals surface area contributed by atoms with Crippen molar-refractivity contribution in [2.75, 3.05) is 17.4 Å². The Kier molecular flexibility index (Phi) is 4.36. The van der Waals surface area contributed by atoms with Crippen molar-refractivity contribution >= 4 is 11.6 Å². The molecule has 18 heavy (non-hydrogen) atoms. The van der Waals surface area contributed by atoms with Crippen LogP contribution >= 0.6 is 0 Å². The molecule has 1 heterocycles. The number of aromatic nitrogens is 2. The first-order valence-corrected chi connectivity index (χ1v) is 6.81. The van der Waals surface area contributed by atoms with Gasteiger partial charge in [-0.2, -0.15) is 0 Å². The van der Waals surface area contributed by atoms with Crippen LogP contribution in [0.4, 0.5) is 11.6 Å². The minimum Gasteiger partial charge on any atom is -0.356 e. The van der Waals surface area contributed by atoms with Gasteiger partial charge in [-0.1, -0.05) is 26.2 Å². The molecule has 1 aliphatic carbocycles. The zero-order valence-electron chi connectivity index (χ0n) is 11.3. The minimum atomic E-state index is 0.601.